The van der Waals surface area contributed by atoms with Crippen LogP contribution in [-0.4, -0.2) is 17.9 Å². The summed E-state index contributed by atoms with van der Waals surface area (Å²) in [6.45, 7) is 7.74. The van der Waals surface area contributed by atoms with Crippen LogP contribution in [0.15, 0.2) is 24.3 Å². The van der Waals surface area contributed by atoms with Crippen molar-refractivity contribution in [1.29, 1.82) is 0 Å². The summed E-state index contributed by atoms with van der Waals surface area (Å²) in [6.07, 6.45) is 1.99. The van der Waals surface area contributed by atoms with E-state index in [1.54, 1.807) is 24.3 Å². The Kier molecular flexibility index (Phi) is 6.22. The van der Waals surface area contributed by atoms with Gasteiger partial charge in [0.2, 0.25) is 5.91 Å². The Morgan fingerprint density at radius 3 is 2.50 bits per heavy atom. The third kappa shape index (κ3) is 5.03. The van der Waals surface area contributed by atoms with Gasteiger partial charge in [-0.1, -0.05) is 33.3 Å². The molecule has 0 saturated carbocycles. The second-order valence-corrected chi connectivity index (χ2v) is 5.39. The Morgan fingerprint density at radius 1 is 1.20 bits per heavy atom. The zero-order chi connectivity index (χ0) is 15.1. The molecule has 4 heteroatoms. The predicted octanol–water partition coefficient (Wildman–Crippen LogP) is 3.20. The molecule has 1 rings (SSSR count). The zero-order valence-corrected chi connectivity index (χ0v) is 12.7. The number of anilines is 1. The highest BCUT2D eigenvalue weighted by Crippen LogP contribution is 2.12. The number of rotatable bonds is 6. The molecule has 0 aliphatic rings. The molecule has 0 fully saturated rings. The van der Waals surface area contributed by atoms with Crippen LogP contribution in [0.5, 0.6) is 0 Å². The smallest absolute Gasteiger partial charge is 0.251 e. The van der Waals surface area contributed by atoms with Crippen LogP contribution in [0.1, 0.15) is 50.9 Å². The largest absolute Gasteiger partial charge is 0.350 e. The molecule has 0 radical (unpaired) electrons. The van der Waals surface area contributed by atoms with E-state index < -0.39 is 0 Å². The van der Waals surface area contributed by atoms with E-state index in [1.165, 1.54) is 0 Å². The first kappa shape index (κ1) is 16.2. The van der Waals surface area contributed by atoms with Gasteiger partial charge in [0.25, 0.3) is 5.91 Å². The van der Waals surface area contributed by atoms with Gasteiger partial charge in [-0.25, -0.2) is 0 Å². The third-order valence-corrected chi connectivity index (χ3v) is 3.02. The molecule has 1 atom stereocenters. The second kappa shape index (κ2) is 7.68. The van der Waals surface area contributed by atoms with Gasteiger partial charge in [0.15, 0.2) is 0 Å². The van der Waals surface area contributed by atoms with Crippen LogP contribution in [0, 0.1) is 5.92 Å². The fraction of sp³-hybridized carbons (Fsp3) is 0.500. The first-order valence-corrected chi connectivity index (χ1v) is 7.15. The minimum Gasteiger partial charge on any atom is -0.350 e. The Bertz CT molecular complexity index is 469. The molecule has 0 aliphatic heterocycles. The molecule has 0 saturated heterocycles. The highest BCUT2D eigenvalue weighted by atomic mass is 16.2. The first-order chi connectivity index (χ1) is 9.43. The van der Waals surface area contributed by atoms with Gasteiger partial charge in [0, 0.05) is 23.2 Å². The van der Waals surface area contributed by atoms with Crippen molar-refractivity contribution in [3.63, 3.8) is 0 Å². The number of amides is 2. The molecular weight excluding hydrogens is 252 g/mol. The SMILES string of the molecule is CCCC(C)NC(=O)c1cccc(NC(=O)C(C)C)c1. The van der Waals surface area contributed by atoms with Crippen molar-refractivity contribution in [2.45, 2.75) is 46.6 Å². The number of carbonyl (C=O) groups is 2. The minimum atomic E-state index is -0.105. The summed E-state index contributed by atoms with van der Waals surface area (Å²) in [5.74, 6) is -0.245. The summed E-state index contributed by atoms with van der Waals surface area (Å²) in [5, 5.41) is 5.74. The van der Waals surface area contributed by atoms with E-state index in [-0.39, 0.29) is 23.8 Å². The second-order valence-electron chi connectivity index (χ2n) is 5.39. The van der Waals surface area contributed by atoms with Crippen LogP contribution in [0.2, 0.25) is 0 Å². The van der Waals surface area contributed by atoms with E-state index in [0.717, 1.165) is 12.8 Å². The molecule has 0 aliphatic carbocycles. The Labute approximate surface area is 121 Å². The van der Waals surface area contributed by atoms with Crippen LogP contribution < -0.4 is 10.6 Å². The average molecular weight is 276 g/mol. The lowest BCUT2D eigenvalue weighted by Gasteiger charge is -2.13. The zero-order valence-electron chi connectivity index (χ0n) is 12.7. The lowest BCUT2D eigenvalue weighted by molar-refractivity contribution is -0.118. The summed E-state index contributed by atoms with van der Waals surface area (Å²) >= 11 is 0. The molecule has 20 heavy (non-hydrogen) atoms. The van der Waals surface area contributed by atoms with Crippen molar-refractivity contribution >= 4 is 17.5 Å². The average Bonchev–Trinajstić information content (AvgIpc) is 2.39. The lowest BCUT2D eigenvalue weighted by Crippen LogP contribution is -2.32. The van der Waals surface area contributed by atoms with E-state index >= 15 is 0 Å². The summed E-state index contributed by atoms with van der Waals surface area (Å²) in [6, 6.07) is 7.16. The molecule has 4 nitrogen and oxygen atoms in total. The van der Waals surface area contributed by atoms with Gasteiger partial charge in [-0.2, -0.15) is 0 Å². The van der Waals surface area contributed by atoms with Crippen LogP contribution in [0.3, 0.4) is 0 Å². The Hall–Kier alpha value is -1.84. The standard InChI is InChI=1S/C16H24N2O2/c1-5-7-12(4)17-16(20)13-8-6-9-14(10-13)18-15(19)11(2)3/h6,8-12H,5,7H2,1-4H3,(H,17,20)(H,18,19). The maximum atomic E-state index is 12.1. The highest BCUT2D eigenvalue weighted by Gasteiger charge is 2.11. The van der Waals surface area contributed by atoms with Crippen molar-refractivity contribution in [2.75, 3.05) is 5.32 Å². The van der Waals surface area contributed by atoms with E-state index in [1.807, 2.05) is 20.8 Å². The molecule has 0 heterocycles. The van der Waals surface area contributed by atoms with Gasteiger partial charge in [0.1, 0.15) is 0 Å². The van der Waals surface area contributed by atoms with E-state index in [9.17, 15) is 9.59 Å². The van der Waals surface area contributed by atoms with Crippen molar-refractivity contribution in [3.05, 3.63) is 29.8 Å². The summed E-state index contributed by atoms with van der Waals surface area (Å²) in [4.78, 5) is 23.7. The number of carbonyl (C=O) groups excluding carboxylic acids is 2. The lowest BCUT2D eigenvalue weighted by atomic mass is 10.1. The van der Waals surface area contributed by atoms with Gasteiger partial charge < -0.3 is 10.6 Å². The number of nitrogens with one attached hydrogen (secondary N) is 2. The summed E-state index contributed by atoms with van der Waals surface area (Å²) in [5.41, 5.74) is 1.22. The van der Waals surface area contributed by atoms with E-state index in [4.69, 9.17) is 0 Å². The maximum Gasteiger partial charge on any atom is 0.251 e. The third-order valence-electron chi connectivity index (χ3n) is 3.02. The molecule has 2 amide bonds. The molecule has 1 aromatic carbocycles. The van der Waals surface area contributed by atoms with Crippen LogP contribution in [0.25, 0.3) is 0 Å². The number of hydrogen-bond acceptors (Lipinski definition) is 2. The van der Waals surface area contributed by atoms with Crippen LogP contribution in [0.4, 0.5) is 5.69 Å². The van der Waals surface area contributed by atoms with Gasteiger partial charge in [0.05, 0.1) is 0 Å². The molecule has 0 spiro atoms. The topological polar surface area (TPSA) is 58.2 Å². The van der Waals surface area contributed by atoms with E-state index in [0.29, 0.717) is 11.3 Å². The van der Waals surface area contributed by atoms with Gasteiger partial charge in [-0.3, -0.25) is 9.59 Å². The monoisotopic (exact) mass is 276 g/mol. The van der Waals surface area contributed by atoms with Crippen molar-refractivity contribution in [3.8, 4) is 0 Å². The molecule has 1 unspecified atom stereocenters. The number of hydrogen-bond donors (Lipinski definition) is 2. The molecule has 2 N–H and O–H groups in total. The quantitative estimate of drug-likeness (QED) is 0.838. The molecule has 0 bridgehead atoms. The van der Waals surface area contributed by atoms with E-state index in [2.05, 4.69) is 17.6 Å². The fourth-order valence-electron chi connectivity index (χ4n) is 1.84. The normalized spacial score (nSPS) is 12.1. The van der Waals surface area contributed by atoms with Crippen molar-refractivity contribution in [2.24, 2.45) is 5.92 Å². The Balaban J connectivity index is 2.72. The minimum absolute atomic E-state index is 0.0538. The first-order valence-electron chi connectivity index (χ1n) is 7.15. The van der Waals surface area contributed by atoms with Crippen LogP contribution in [-0.2, 0) is 4.79 Å². The molecule has 0 aromatic heterocycles. The van der Waals surface area contributed by atoms with Gasteiger partial charge in [-0.05, 0) is 31.5 Å². The van der Waals surface area contributed by atoms with Crippen LogP contribution >= 0.6 is 0 Å². The maximum absolute atomic E-state index is 12.1. The van der Waals surface area contributed by atoms with Crippen molar-refractivity contribution < 1.29 is 9.59 Å². The van der Waals surface area contributed by atoms with Gasteiger partial charge in [-0.15, -0.1) is 0 Å². The molecule has 110 valence electrons. The van der Waals surface area contributed by atoms with Gasteiger partial charge >= 0.3 is 0 Å². The number of benzene rings is 1. The highest BCUT2D eigenvalue weighted by molar-refractivity contribution is 5.97. The molecule has 1 aromatic rings. The Morgan fingerprint density at radius 2 is 1.90 bits per heavy atom. The summed E-state index contributed by atoms with van der Waals surface area (Å²) < 4.78 is 0. The molecular formula is C16H24N2O2. The predicted molar refractivity (Wildman–Crippen MR) is 81.7 cm³/mol. The van der Waals surface area contributed by atoms with Crippen molar-refractivity contribution in [1.82, 2.24) is 5.32 Å². The summed E-state index contributed by atoms with van der Waals surface area (Å²) in [7, 11) is 0. The fourth-order valence-corrected chi connectivity index (χ4v) is 1.84.